The first-order chi connectivity index (χ1) is 8.09. The van der Waals surface area contributed by atoms with Crippen LogP contribution in [0.15, 0.2) is 30.3 Å². The van der Waals surface area contributed by atoms with Crippen LogP contribution in [0, 0.1) is 22.7 Å². The van der Waals surface area contributed by atoms with Gasteiger partial charge in [-0.3, -0.25) is 0 Å². The lowest BCUT2D eigenvalue weighted by molar-refractivity contribution is 0.659. The first-order valence-electron chi connectivity index (χ1n) is 5.29. The van der Waals surface area contributed by atoms with E-state index in [1.807, 2.05) is 30.3 Å². The number of benzene rings is 1. The summed E-state index contributed by atoms with van der Waals surface area (Å²) in [5.41, 5.74) is 1.19. The van der Waals surface area contributed by atoms with E-state index >= 15 is 0 Å². The fraction of sp³-hybridized carbons (Fsp3) is 0.385. The van der Waals surface area contributed by atoms with Crippen LogP contribution in [0.25, 0.3) is 0 Å². The van der Waals surface area contributed by atoms with E-state index in [-0.39, 0.29) is 11.8 Å². The van der Waals surface area contributed by atoms with Crippen LogP contribution in [0.5, 0.6) is 0 Å². The predicted molar refractivity (Wildman–Crippen MR) is 68.8 cm³/mol. The van der Waals surface area contributed by atoms with Gasteiger partial charge >= 0.3 is 0 Å². The summed E-state index contributed by atoms with van der Waals surface area (Å²) in [4.78, 5) is -1.50. The molecular formula is C13H12Cl2N2. The normalized spacial score (nSPS) is 12.5. The third-order valence-corrected chi connectivity index (χ3v) is 3.14. The van der Waals surface area contributed by atoms with Gasteiger partial charge in [0.1, 0.15) is 12.1 Å². The van der Waals surface area contributed by atoms with E-state index in [2.05, 4.69) is 0 Å². The fourth-order valence-corrected chi connectivity index (χ4v) is 2.10. The summed E-state index contributed by atoms with van der Waals surface area (Å²) < 4.78 is 0. The van der Waals surface area contributed by atoms with Crippen molar-refractivity contribution >= 4 is 23.2 Å². The van der Waals surface area contributed by atoms with E-state index in [1.54, 1.807) is 12.1 Å². The van der Waals surface area contributed by atoms with Crippen molar-refractivity contribution in [1.29, 1.82) is 10.5 Å². The van der Waals surface area contributed by atoms with Crippen LogP contribution in [0.1, 0.15) is 18.4 Å². The summed E-state index contributed by atoms with van der Waals surface area (Å²) in [6, 6.07) is 13.5. The molecule has 1 atom stereocenters. The molecule has 0 bridgehead atoms. The highest BCUT2D eigenvalue weighted by molar-refractivity contribution is 6.29. The largest absolute Gasteiger partial charge is 0.217 e. The Kier molecular flexibility index (Phi) is 5.29. The Hall–Kier alpha value is -1.22. The Morgan fingerprint density at radius 2 is 1.76 bits per heavy atom. The van der Waals surface area contributed by atoms with E-state index in [1.165, 1.54) is 5.56 Å². The van der Waals surface area contributed by atoms with E-state index in [0.717, 1.165) is 6.42 Å². The second-order valence-electron chi connectivity index (χ2n) is 3.85. The molecule has 2 nitrogen and oxygen atoms in total. The molecule has 0 aliphatic carbocycles. The molecular weight excluding hydrogens is 255 g/mol. The highest BCUT2D eigenvalue weighted by Gasteiger charge is 2.29. The summed E-state index contributed by atoms with van der Waals surface area (Å²) >= 11 is 11.9. The van der Waals surface area contributed by atoms with E-state index in [9.17, 15) is 0 Å². The van der Waals surface area contributed by atoms with Crippen LogP contribution < -0.4 is 0 Å². The number of hydrogen-bond acceptors (Lipinski definition) is 2. The minimum atomic E-state index is -1.50. The lowest BCUT2D eigenvalue weighted by Gasteiger charge is -2.14. The van der Waals surface area contributed by atoms with E-state index in [0.29, 0.717) is 6.42 Å². The maximum absolute atomic E-state index is 8.76. The third kappa shape index (κ3) is 4.65. The van der Waals surface area contributed by atoms with Gasteiger partial charge in [-0.15, -0.1) is 11.6 Å². The molecule has 0 saturated carbocycles. The van der Waals surface area contributed by atoms with Gasteiger partial charge in [0.15, 0.2) is 0 Å². The quantitative estimate of drug-likeness (QED) is 0.764. The second kappa shape index (κ2) is 6.50. The van der Waals surface area contributed by atoms with Gasteiger partial charge in [-0.1, -0.05) is 41.9 Å². The molecule has 1 unspecified atom stereocenters. The molecule has 0 aliphatic rings. The monoisotopic (exact) mass is 266 g/mol. The number of halogens is 2. The molecule has 1 aromatic carbocycles. The van der Waals surface area contributed by atoms with E-state index < -0.39 is 4.87 Å². The molecule has 88 valence electrons. The highest BCUT2D eigenvalue weighted by atomic mass is 35.5. The molecule has 4 heteroatoms. The first kappa shape index (κ1) is 13.8. The number of nitriles is 2. The van der Waals surface area contributed by atoms with Crippen molar-refractivity contribution in [3.63, 3.8) is 0 Å². The number of hydrogen-bond donors (Lipinski definition) is 0. The van der Waals surface area contributed by atoms with Gasteiger partial charge in [-0.25, -0.2) is 0 Å². The Labute approximate surface area is 111 Å². The van der Waals surface area contributed by atoms with Crippen molar-refractivity contribution < 1.29 is 0 Å². The smallest absolute Gasteiger partial charge is 0.195 e. The second-order valence-corrected chi connectivity index (χ2v) is 5.11. The van der Waals surface area contributed by atoms with Gasteiger partial charge in [-0.2, -0.15) is 10.5 Å². The Balaban J connectivity index is 2.44. The van der Waals surface area contributed by atoms with Gasteiger partial charge in [0.2, 0.25) is 4.87 Å². The molecule has 0 aromatic heterocycles. The lowest BCUT2D eigenvalue weighted by Crippen LogP contribution is -2.21. The predicted octanol–water partition coefficient (Wildman–Crippen LogP) is 3.64. The summed E-state index contributed by atoms with van der Waals surface area (Å²) in [5.74, 6) is 0. The summed E-state index contributed by atoms with van der Waals surface area (Å²) in [5, 5.41) is 17.2. The van der Waals surface area contributed by atoms with E-state index in [4.69, 9.17) is 33.7 Å². The number of rotatable bonds is 5. The molecule has 17 heavy (non-hydrogen) atoms. The molecule has 0 heterocycles. The van der Waals surface area contributed by atoms with Gasteiger partial charge in [0.25, 0.3) is 0 Å². The zero-order valence-electron chi connectivity index (χ0n) is 9.24. The van der Waals surface area contributed by atoms with Gasteiger partial charge in [-0.05, 0) is 18.4 Å². The topological polar surface area (TPSA) is 47.6 Å². The van der Waals surface area contributed by atoms with Crippen LogP contribution in [-0.2, 0) is 6.42 Å². The molecule has 0 fully saturated rings. The Morgan fingerprint density at radius 3 is 2.29 bits per heavy atom. The third-order valence-electron chi connectivity index (χ3n) is 2.45. The van der Waals surface area contributed by atoms with Crippen LogP contribution in [0.4, 0.5) is 0 Å². The summed E-state index contributed by atoms with van der Waals surface area (Å²) in [6.45, 7) is 0. The van der Waals surface area contributed by atoms with Crippen LogP contribution in [0.3, 0.4) is 0 Å². The molecule has 1 aromatic rings. The van der Waals surface area contributed by atoms with Gasteiger partial charge in [0.05, 0.1) is 0 Å². The summed E-state index contributed by atoms with van der Waals surface area (Å²) in [6.07, 6.45) is 1.69. The molecule has 0 N–H and O–H groups in total. The number of alkyl halides is 2. The van der Waals surface area contributed by atoms with Crippen LogP contribution in [0.2, 0.25) is 0 Å². The maximum Gasteiger partial charge on any atom is 0.217 e. The molecule has 0 amide bonds. The Bertz CT molecular complexity index is 417. The zero-order valence-corrected chi connectivity index (χ0v) is 10.7. The van der Waals surface area contributed by atoms with Crippen molar-refractivity contribution in [1.82, 2.24) is 0 Å². The molecule has 0 spiro atoms. The summed E-state index contributed by atoms with van der Waals surface area (Å²) in [7, 11) is 0. The Morgan fingerprint density at radius 1 is 1.18 bits per heavy atom. The van der Waals surface area contributed by atoms with Crippen molar-refractivity contribution in [3.8, 4) is 12.1 Å². The average molecular weight is 267 g/mol. The van der Waals surface area contributed by atoms with Crippen LogP contribution in [-0.4, -0.2) is 10.3 Å². The lowest BCUT2D eigenvalue weighted by atomic mass is 10.0. The SMILES string of the molecule is N#CC(Cl)(C#N)CC(Cl)CCc1ccccc1. The number of aryl methyl sites for hydroxylation is 1. The minimum Gasteiger partial charge on any atom is -0.195 e. The van der Waals surface area contributed by atoms with Crippen molar-refractivity contribution in [3.05, 3.63) is 35.9 Å². The molecule has 0 saturated heterocycles. The van der Waals surface area contributed by atoms with Gasteiger partial charge < -0.3 is 0 Å². The number of nitrogens with zero attached hydrogens (tertiary/aromatic N) is 2. The van der Waals surface area contributed by atoms with Crippen molar-refractivity contribution in [2.24, 2.45) is 0 Å². The zero-order chi connectivity index (χ0) is 12.7. The van der Waals surface area contributed by atoms with Gasteiger partial charge in [0, 0.05) is 11.8 Å². The van der Waals surface area contributed by atoms with Crippen molar-refractivity contribution in [2.75, 3.05) is 0 Å². The maximum atomic E-state index is 8.76. The molecule has 0 aliphatic heterocycles. The fourth-order valence-electron chi connectivity index (χ4n) is 1.49. The standard InChI is InChI=1S/C13H12Cl2N2/c14-12(8-13(15,9-16)10-17)7-6-11-4-2-1-3-5-11/h1-5,12H,6-8H2. The first-order valence-corrected chi connectivity index (χ1v) is 6.10. The molecule has 0 radical (unpaired) electrons. The average Bonchev–Trinajstić information content (AvgIpc) is 2.37. The van der Waals surface area contributed by atoms with Crippen LogP contribution >= 0.6 is 23.2 Å². The minimum absolute atomic E-state index is 0.177. The molecule has 1 rings (SSSR count). The highest BCUT2D eigenvalue weighted by Crippen LogP contribution is 2.25. The van der Waals surface area contributed by atoms with Crippen molar-refractivity contribution in [2.45, 2.75) is 29.5 Å².